The van der Waals surface area contributed by atoms with Crippen molar-refractivity contribution in [2.75, 3.05) is 7.05 Å². The molecular formula is C17H22N2OS. The molecule has 0 aliphatic heterocycles. The van der Waals surface area contributed by atoms with Gasteiger partial charge in [0.1, 0.15) is 10.8 Å². The van der Waals surface area contributed by atoms with Crippen LogP contribution in [-0.4, -0.2) is 18.1 Å². The predicted molar refractivity (Wildman–Crippen MR) is 88.1 cm³/mol. The van der Waals surface area contributed by atoms with Crippen molar-refractivity contribution in [3.05, 3.63) is 34.8 Å². The van der Waals surface area contributed by atoms with Gasteiger partial charge in [-0.3, -0.25) is 0 Å². The summed E-state index contributed by atoms with van der Waals surface area (Å²) in [4.78, 5) is 6.32. The summed E-state index contributed by atoms with van der Waals surface area (Å²) in [6.45, 7) is 4.08. The molecule has 1 aromatic heterocycles. The molecule has 0 saturated heterocycles. The SMILES string of the molecule is CNC1CCCc2sc(-c3ccc(OC(C)C)cc3)nc21. The summed E-state index contributed by atoms with van der Waals surface area (Å²) in [6.07, 6.45) is 3.81. The molecule has 3 rings (SSSR count). The number of nitrogens with zero attached hydrogens (tertiary/aromatic N) is 1. The van der Waals surface area contributed by atoms with Crippen molar-refractivity contribution in [2.24, 2.45) is 0 Å². The number of aryl methyl sites for hydroxylation is 1. The highest BCUT2D eigenvalue weighted by atomic mass is 32.1. The Morgan fingerprint density at radius 1 is 1.29 bits per heavy atom. The van der Waals surface area contributed by atoms with Gasteiger partial charge in [-0.1, -0.05) is 0 Å². The van der Waals surface area contributed by atoms with Crippen molar-refractivity contribution >= 4 is 11.3 Å². The fourth-order valence-electron chi connectivity index (χ4n) is 2.77. The highest BCUT2D eigenvalue weighted by Gasteiger charge is 2.23. The minimum absolute atomic E-state index is 0.208. The van der Waals surface area contributed by atoms with Crippen molar-refractivity contribution < 1.29 is 4.74 Å². The zero-order valence-electron chi connectivity index (χ0n) is 12.8. The molecule has 3 nitrogen and oxygen atoms in total. The third-order valence-electron chi connectivity index (χ3n) is 3.78. The van der Waals surface area contributed by atoms with E-state index in [2.05, 4.69) is 17.4 Å². The van der Waals surface area contributed by atoms with E-state index in [0.29, 0.717) is 6.04 Å². The third kappa shape index (κ3) is 3.11. The number of rotatable bonds is 4. The number of thiazole rings is 1. The van der Waals surface area contributed by atoms with Gasteiger partial charge in [0.15, 0.2) is 0 Å². The van der Waals surface area contributed by atoms with Gasteiger partial charge in [0.05, 0.1) is 17.8 Å². The maximum absolute atomic E-state index is 5.69. The quantitative estimate of drug-likeness (QED) is 0.919. The first kappa shape index (κ1) is 14.5. The zero-order chi connectivity index (χ0) is 14.8. The van der Waals surface area contributed by atoms with Gasteiger partial charge in [0, 0.05) is 10.4 Å². The van der Waals surface area contributed by atoms with Crippen molar-refractivity contribution in [3.8, 4) is 16.3 Å². The Morgan fingerprint density at radius 2 is 2.05 bits per heavy atom. The molecule has 0 amide bonds. The van der Waals surface area contributed by atoms with Crippen LogP contribution in [-0.2, 0) is 6.42 Å². The standard InChI is InChI=1S/C17H22N2OS/c1-11(2)20-13-9-7-12(8-10-13)17-19-16-14(18-3)5-4-6-15(16)21-17/h7-11,14,18H,4-6H2,1-3H3. The molecule has 0 saturated carbocycles. The van der Waals surface area contributed by atoms with Crippen molar-refractivity contribution in [1.82, 2.24) is 10.3 Å². The highest BCUT2D eigenvalue weighted by Crippen LogP contribution is 2.37. The Kier molecular flexibility index (Phi) is 4.27. The van der Waals surface area contributed by atoms with E-state index in [1.807, 2.05) is 44.4 Å². The van der Waals surface area contributed by atoms with Gasteiger partial charge >= 0.3 is 0 Å². The number of hydrogen-bond acceptors (Lipinski definition) is 4. The van der Waals surface area contributed by atoms with Gasteiger partial charge < -0.3 is 10.1 Å². The van der Waals surface area contributed by atoms with Gasteiger partial charge in [0.25, 0.3) is 0 Å². The van der Waals surface area contributed by atoms with Crippen LogP contribution < -0.4 is 10.1 Å². The molecular weight excluding hydrogens is 280 g/mol. The van der Waals surface area contributed by atoms with E-state index in [0.717, 1.165) is 10.8 Å². The Hall–Kier alpha value is -1.39. The topological polar surface area (TPSA) is 34.1 Å². The normalized spacial score (nSPS) is 17.8. The van der Waals surface area contributed by atoms with Crippen LogP contribution in [0.25, 0.3) is 10.6 Å². The first-order chi connectivity index (χ1) is 10.2. The summed E-state index contributed by atoms with van der Waals surface area (Å²) < 4.78 is 5.69. The average Bonchev–Trinajstić information content (AvgIpc) is 2.91. The van der Waals surface area contributed by atoms with Gasteiger partial charge in [0.2, 0.25) is 0 Å². The zero-order valence-corrected chi connectivity index (χ0v) is 13.7. The monoisotopic (exact) mass is 302 g/mol. The number of aromatic nitrogens is 1. The number of fused-ring (bicyclic) bond motifs is 1. The Bertz CT molecular complexity index is 604. The Balaban J connectivity index is 1.86. The van der Waals surface area contributed by atoms with Crippen LogP contribution in [0.1, 0.15) is 43.3 Å². The average molecular weight is 302 g/mol. The van der Waals surface area contributed by atoms with E-state index in [1.165, 1.54) is 35.4 Å². The third-order valence-corrected chi connectivity index (χ3v) is 4.96. The van der Waals surface area contributed by atoms with Crippen LogP contribution in [0, 0.1) is 0 Å². The lowest BCUT2D eigenvalue weighted by atomic mass is 9.98. The predicted octanol–water partition coefficient (Wildman–Crippen LogP) is 4.19. The van der Waals surface area contributed by atoms with Crippen molar-refractivity contribution in [2.45, 2.75) is 45.3 Å². The van der Waals surface area contributed by atoms with E-state index in [-0.39, 0.29) is 6.10 Å². The van der Waals surface area contributed by atoms with Gasteiger partial charge in [-0.15, -0.1) is 11.3 Å². The summed E-state index contributed by atoms with van der Waals surface area (Å²) in [7, 11) is 2.02. The molecule has 21 heavy (non-hydrogen) atoms. The van der Waals surface area contributed by atoms with E-state index in [9.17, 15) is 0 Å². The number of benzene rings is 1. The molecule has 1 N–H and O–H groups in total. The molecule has 1 aliphatic carbocycles. The summed E-state index contributed by atoms with van der Waals surface area (Å²) in [6, 6.07) is 8.70. The lowest BCUT2D eigenvalue weighted by molar-refractivity contribution is 0.242. The first-order valence-electron chi connectivity index (χ1n) is 7.61. The first-order valence-corrected chi connectivity index (χ1v) is 8.43. The lowest BCUT2D eigenvalue weighted by Crippen LogP contribution is -2.21. The van der Waals surface area contributed by atoms with Crippen LogP contribution in [0.5, 0.6) is 5.75 Å². The molecule has 2 aromatic rings. The van der Waals surface area contributed by atoms with Crippen LogP contribution in [0.15, 0.2) is 24.3 Å². The van der Waals surface area contributed by atoms with E-state index < -0.39 is 0 Å². The number of ether oxygens (including phenoxy) is 1. The maximum atomic E-state index is 5.69. The molecule has 0 fully saturated rings. The molecule has 4 heteroatoms. The Morgan fingerprint density at radius 3 is 2.71 bits per heavy atom. The number of nitrogens with one attached hydrogen (secondary N) is 1. The Labute approximate surface area is 130 Å². The number of hydrogen-bond donors (Lipinski definition) is 1. The fourth-order valence-corrected chi connectivity index (χ4v) is 3.94. The maximum Gasteiger partial charge on any atom is 0.123 e. The molecule has 112 valence electrons. The lowest BCUT2D eigenvalue weighted by Gasteiger charge is -2.19. The summed E-state index contributed by atoms with van der Waals surface area (Å²) >= 11 is 1.84. The molecule has 1 unspecified atom stereocenters. The summed E-state index contributed by atoms with van der Waals surface area (Å²) in [5.41, 5.74) is 2.44. The van der Waals surface area contributed by atoms with E-state index in [1.54, 1.807) is 0 Å². The molecule has 0 bridgehead atoms. The van der Waals surface area contributed by atoms with Gasteiger partial charge in [-0.25, -0.2) is 4.98 Å². The minimum Gasteiger partial charge on any atom is -0.491 e. The van der Waals surface area contributed by atoms with Crippen molar-refractivity contribution in [1.29, 1.82) is 0 Å². The van der Waals surface area contributed by atoms with Gasteiger partial charge in [-0.05, 0) is 64.4 Å². The molecule has 1 aromatic carbocycles. The molecule has 1 aliphatic rings. The second-order valence-corrected chi connectivity index (χ2v) is 6.84. The molecule has 1 atom stereocenters. The van der Waals surface area contributed by atoms with Crippen LogP contribution in [0.4, 0.5) is 0 Å². The van der Waals surface area contributed by atoms with Crippen LogP contribution in [0.2, 0.25) is 0 Å². The largest absolute Gasteiger partial charge is 0.491 e. The summed E-state index contributed by atoms with van der Waals surface area (Å²) in [5, 5.41) is 4.50. The van der Waals surface area contributed by atoms with E-state index in [4.69, 9.17) is 9.72 Å². The smallest absolute Gasteiger partial charge is 0.123 e. The highest BCUT2D eigenvalue weighted by molar-refractivity contribution is 7.15. The fraction of sp³-hybridized carbons (Fsp3) is 0.471. The van der Waals surface area contributed by atoms with E-state index >= 15 is 0 Å². The molecule has 0 spiro atoms. The van der Waals surface area contributed by atoms with Gasteiger partial charge in [-0.2, -0.15) is 0 Å². The van der Waals surface area contributed by atoms with Crippen LogP contribution in [0.3, 0.4) is 0 Å². The second kappa shape index (κ2) is 6.16. The van der Waals surface area contributed by atoms with Crippen molar-refractivity contribution in [3.63, 3.8) is 0 Å². The summed E-state index contributed by atoms with van der Waals surface area (Å²) in [5.74, 6) is 0.920. The molecule has 1 heterocycles. The van der Waals surface area contributed by atoms with Crippen LogP contribution >= 0.6 is 11.3 Å². The molecule has 0 radical (unpaired) electrons. The second-order valence-electron chi connectivity index (χ2n) is 5.75. The minimum atomic E-state index is 0.208.